The quantitative estimate of drug-likeness (QED) is 0.636. The van der Waals surface area contributed by atoms with Crippen LogP contribution in [0, 0.1) is 5.92 Å². The van der Waals surface area contributed by atoms with Crippen molar-refractivity contribution < 1.29 is 14.3 Å². The minimum Gasteiger partial charge on any atom is -0.466 e. The number of ether oxygens (including phenoxy) is 1. The molecule has 0 spiro atoms. The van der Waals surface area contributed by atoms with Crippen molar-refractivity contribution in [3.05, 3.63) is 6.33 Å². The lowest BCUT2D eigenvalue weighted by Gasteiger charge is -2.30. The van der Waals surface area contributed by atoms with Crippen LogP contribution in [0.1, 0.15) is 19.8 Å². The van der Waals surface area contributed by atoms with E-state index >= 15 is 0 Å². The van der Waals surface area contributed by atoms with E-state index in [1.165, 1.54) is 18.1 Å². The van der Waals surface area contributed by atoms with E-state index < -0.39 is 0 Å². The molecule has 0 radical (unpaired) electrons. The molecule has 20 heavy (non-hydrogen) atoms. The van der Waals surface area contributed by atoms with Crippen LogP contribution in [0.2, 0.25) is 0 Å². The lowest BCUT2D eigenvalue weighted by Crippen LogP contribution is -2.41. The van der Waals surface area contributed by atoms with Crippen molar-refractivity contribution in [3.8, 4) is 0 Å². The second-order valence-corrected chi connectivity index (χ2v) is 5.45. The van der Waals surface area contributed by atoms with Crippen LogP contribution >= 0.6 is 11.8 Å². The molecule has 0 aliphatic carbocycles. The molecule has 1 aliphatic rings. The third-order valence-electron chi connectivity index (χ3n) is 3.19. The predicted octanol–water partition coefficient (Wildman–Crippen LogP) is 0.698. The van der Waals surface area contributed by atoms with Crippen LogP contribution in [0.15, 0.2) is 11.5 Å². The summed E-state index contributed by atoms with van der Waals surface area (Å²) in [7, 11) is 0. The Labute approximate surface area is 121 Å². The molecule has 0 bridgehead atoms. The first-order valence-electron chi connectivity index (χ1n) is 6.63. The van der Waals surface area contributed by atoms with E-state index in [-0.39, 0.29) is 17.8 Å². The van der Waals surface area contributed by atoms with Gasteiger partial charge in [0.15, 0.2) is 5.16 Å². The Kier molecular flexibility index (Phi) is 5.40. The molecule has 2 rings (SSSR count). The molecule has 1 fully saturated rings. The third-order valence-corrected chi connectivity index (χ3v) is 4.05. The van der Waals surface area contributed by atoms with E-state index in [2.05, 4.69) is 15.2 Å². The maximum atomic E-state index is 12.0. The highest BCUT2D eigenvalue weighted by Gasteiger charge is 2.28. The molecule has 0 saturated carbocycles. The van der Waals surface area contributed by atoms with Crippen LogP contribution < -0.4 is 0 Å². The monoisotopic (exact) mass is 298 g/mol. The number of thioether (sulfide) groups is 1. The van der Waals surface area contributed by atoms with Crippen molar-refractivity contribution in [2.24, 2.45) is 5.92 Å². The number of likely N-dealkylation sites (tertiary alicyclic amines) is 1. The van der Waals surface area contributed by atoms with E-state index in [1.54, 1.807) is 11.8 Å². The van der Waals surface area contributed by atoms with Crippen LogP contribution in [0.5, 0.6) is 0 Å². The van der Waals surface area contributed by atoms with Crippen LogP contribution in [-0.2, 0) is 14.3 Å². The molecule has 110 valence electrons. The number of carbonyl (C=O) groups is 2. The van der Waals surface area contributed by atoms with Gasteiger partial charge in [-0.1, -0.05) is 11.8 Å². The van der Waals surface area contributed by atoms with Gasteiger partial charge in [0.05, 0.1) is 18.3 Å². The Morgan fingerprint density at radius 1 is 1.50 bits per heavy atom. The molecule has 1 saturated heterocycles. The van der Waals surface area contributed by atoms with E-state index in [1.807, 2.05) is 0 Å². The Bertz CT molecular complexity index is 444. The molecular weight excluding hydrogens is 280 g/mol. The van der Waals surface area contributed by atoms with Gasteiger partial charge in [-0.05, 0) is 19.8 Å². The molecule has 0 atom stereocenters. The lowest BCUT2D eigenvalue weighted by molar-refractivity contribution is -0.151. The fourth-order valence-corrected chi connectivity index (χ4v) is 2.79. The maximum absolute atomic E-state index is 12.0. The summed E-state index contributed by atoms with van der Waals surface area (Å²) in [5.74, 6) is 0.185. The number of nitrogens with zero attached hydrogens (tertiary/aromatic N) is 3. The second kappa shape index (κ2) is 7.28. The number of aromatic nitrogens is 3. The maximum Gasteiger partial charge on any atom is 0.309 e. The van der Waals surface area contributed by atoms with E-state index in [0.717, 1.165) is 0 Å². The standard InChI is InChI=1S/C12H18N4O3S/c1-2-19-11(18)9-3-5-16(6-4-9)10(17)7-20-12-13-8-14-15-12/h8-9H,2-7H2,1H3,(H,13,14,15). The zero-order valence-electron chi connectivity index (χ0n) is 11.4. The molecule has 8 heteroatoms. The van der Waals surface area contributed by atoms with E-state index in [0.29, 0.717) is 43.4 Å². The zero-order valence-corrected chi connectivity index (χ0v) is 12.2. The molecule has 2 heterocycles. The fourth-order valence-electron chi connectivity index (χ4n) is 2.11. The highest BCUT2D eigenvalue weighted by Crippen LogP contribution is 2.20. The van der Waals surface area contributed by atoms with E-state index in [4.69, 9.17) is 4.74 Å². The first kappa shape index (κ1) is 14.8. The number of hydrogen-bond donors (Lipinski definition) is 1. The van der Waals surface area contributed by atoms with Gasteiger partial charge in [0.1, 0.15) is 6.33 Å². The van der Waals surface area contributed by atoms with Gasteiger partial charge < -0.3 is 9.64 Å². The van der Waals surface area contributed by atoms with Gasteiger partial charge in [0, 0.05) is 13.1 Å². The van der Waals surface area contributed by atoms with Crippen LogP contribution in [0.25, 0.3) is 0 Å². The number of nitrogens with one attached hydrogen (secondary N) is 1. The van der Waals surface area contributed by atoms with Gasteiger partial charge in [0.2, 0.25) is 5.91 Å². The summed E-state index contributed by atoms with van der Waals surface area (Å²) in [5, 5.41) is 7.07. The van der Waals surface area contributed by atoms with Gasteiger partial charge in [-0.15, -0.1) is 0 Å². The SMILES string of the molecule is CCOC(=O)C1CCN(C(=O)CSc2ncn[nH]2)CC1. The number of hydrogen-bond acceptors (Lipinski definition) is 6. The number of piperidine rings is 1. The molecule has 1 aliphatic heterocycles. The Hall–Kier alpha value is -1.57. The largest absolute Gasteiger partial charge is 0.466 e. The number of rotatable bonds is 5. The third kappa shape index (κ3) is 3.96. The minimum atomic E-state index is -0.143. The molecular formula is C12H18N4O3S. The average molecular weight is 298 g/mol. The Balaban J connectivity index is 1.73. The molecule has 0 unspecified atom stereocenters. The smallest absolute Gasteiger partial charge is 0.309 e. The van der Waals surface area contributed by atoms with Gasteiger partial charge in [-0.3, -0.25) is 14.7 Å². The molecule has 1 N–H and O–H groups in total. The minimum absolute atomic E-state index is 0.0636. The lowest BCUT2D eigenvalue weighted by atomic mass is 9.97. The van der Waals surface area contributed by atoms with Gasteiger partial charge in [-0.25, -0.2) is 4.98 Å². The zero-order chi connectivity index (χ0) is 14.4. The number of carbonyl (C=O) groups excluding carboxylic acids is 2. The van der Waals surface area contributed by atoms with E-state index in [9.17, 15) is 9.59 Å². The summed E-state index contributed by atoms with van der Waals surface area (Å²) >= 11 is 1.33. The average Bonchev–Trinajstić information content (AvgIpc) is 2.98. The number of H-pyrrole nitrogens is 1. The van der Waals surface area contributed by atoms with Crippen LogP contribution in [-0.4, -0.2) is 57.4 Å². The van der Waals surface area contributed by atoms with Gasteiger partial charge >= 0.3 is 5.97 Å². The normalized spacial score (nSPS) is 16.1. The summed E-state index contributed by atoms with van der Waals surface area (Å²) in [6.45, 7) is 3.43. The molecule has 1 amide bonds. The van der Waals surface area contributed by atoms with Crippen molar-refractivity contribution in [3.63, 3.8) is 0 Å². The predicted molar refractivity (Wildman–Crippen MR) is 73.0 cm³/mol. The van der Waals surface area contributed by atoms with Crippen molar-refractivity contribution >= 4 is 23.6 Å². The Morgan fingerprint density at radius 2 is 2.25 bits per heavy atom. The first-order chi connectivity index (χ1) is 9.70. The van der Waals surface area contributed by atoms with Crippen molar-refractivity contribution in [1.29, 1.82) is 0 Å². The summed E-state index contributed by atoms with van der Waals surface area (Å²) in [6, 6.07) is 0. The second-order valence-electron chi connectivity index (χ2n) is 4.49. The van der Waals surface area contributed by atoms with Crippen molar-refractivity contribution in [2.75, 3.05) is 25.4 Å². The highest BCUT2D eigenvalue weighted by molar-refractivity contribution is 7.99. The van der Waals surface area contributed by atoms with Gasteiger partial charge in [0.25, 0.3) is 0 Å². The first-order valence-corrected chi connectivity index (χ1v) is 7.61. The number of aromatic amines is 1. The summed E-state index contributed by atoms with van der Waals surface area (Å²) in [4.78, 5) is 29.4. The van der Waals surface area contributed by atoms with Crippen molar-refractivity contribution in [1.82, 2.24) is 20.1 Å². The summed E-state index contributed by atoms with van der Waals surface area (Å²) in [5.41, 5.74) is 0. The van der Waals surface area contributed by atoms with Crippen LogP contribution in [0.4, 0.5) is 0 Å². The highest BCUT2D eigenvalue weighted by atomic mass is 32.2. The Morgan fingerprint density at radius 3 is 2.85 bits per heavy atom. The molecule has 1 aromatic rings. The molecule has 7 nitrogen and oxygen atoms in total. The molecule has 0 aromatic carbocycles. The summed E-state index contributed by atoms with van der Waals surface area (Å²) in [6.07, 6.45) is 2.77. The number of esters is 1. The fraction of sp³-hybridized carbons (Fsp3) is 0.667. The van der Waals surface area contributed by atoms with Gasteiger partial charge in [-0.2, -0.15) is 5.10 Å². The molecule has 1 aromatic heterocycles. The van der Waals surface area contributed by atoms with Crippen LogP contribution in [0.3, 0.4) is 0 Å². The number of amides is 1. The summed E-state index contributed by atoms with van der Waals surface area (Å²) < 4.78 is 5.01. The van der Waals surface area contributed by atoms with Crippen molar-refractivity contribution in [2.45, 2.75) is 24.9 Å². The topological polar surface area (TPSA) is 88.2 Å².